The molecule has 1 saturated carbocycles. The quantitative estimate of drug-likeness (QED) is 0.914. The summed E-state index contributed by atoms with van der Waals surface area (Å²) >= 11 is 0. The molecule has 0 saturated heterocycles. The third-order valence-corrected chi connectivity index (χ3v) is 3.80. The number of aliphatic hydroxyl groups is 1. The average molecular weight is 280 g/mol. The minimum Gasteiger partial charge on any atom is -0.493 e. The van der Waals surface area contributed by atoms with E-state index in [1.165, 1.54) is 21.3 Å². The van der Waals surface area contributed by atoms with Crippen LogP contribution < -0.4 is 14.2 Å². The van der Waals surface area contributed by atoms with Crippen LogP contribution in [0.5, 0.6) is 17.2 Å². The topological polar surface area (TPSA) is 65.0 Å². The van der Waals surface area contributed by atoms with Crippen molar-refractivity contribution >= 4 is 5.78 Å². The Morgan fingerprint density at radius 2 is 1.75 bits per heavy atom. The first-order valence-electron chi connectivity index (χ1n) is 6.63. The van der Waals surface area contributed by atoms with Gasteiger partial charge in [-0.05, 0) is 31.4 Å². The molecule has 1 aliphatic rings. The molecule has 5 heteroatoms. The molecule has 1 fully saturated rings. The Hall–Kier alpha value is -1.75. The number of rotatable bonds is 4. The van der Waals surface area contributed by atoms with Crippen molar-refractivity contribution in [1.29, 1.82) is 0 Å². The molecule has 0 aromatic heterocycles. The first-order valence-corrected chi connectivity index (χ1v) is 6.63. The maximum atomic E-state index is 12.2. The number of ether oxygens (including phenoxy) is 3. The molecular weight excluding hydrogens is 260 g/mol. The van der Waals surface area contributed by atoms with Crippen LogP contribution in [0.4, 0.5) is 0 Å². The summed E-state index contributed by atoms with van der Waals surface area (Å²) < 4.78 is 15.9. The van der Waals surface area contributed by atoms with E-state index in [9.17, 15) is 9.90 Å². The molecular formula is C15H20O5. The fourth-order valence-corrected chi connectivity index (χ4v) is 2.72. The average Bonchev–Trinajstić information content (AvgIpc) is 2.48. The summed E-state index contributed by atoms with van der Waals surface area (Å²) in [6.07, 6.45) is 2.40. The van der Waals surface area contributed by atoms with Crippen LogP contribution in [0.3, 0.4) is 0 Å². The number of methoxy groups -OCH3 is 3. The van der Waals surface area contributed by atoms with Gasteiger partial charge in [0.1, 0.15) is 0 Å². The van der Waals surface area contributed by atoms with Gasteiger partial charge in [0.15, 0.2) is 22.9 Å². The van der Waals surface area contributed by atoms with Crippen LogP contribution in [0.2, 0.25) is 0 Å². The maximum absolute atomic E-state index is 12.2. The second kappa shape index (κ2) is 5.71. The summed E-state index contributed by atoms with van der Waals surface area (Å²) in [6, 6.07) is 3.35. The number of carbonyl (C=O) groups excluding carboxylic acids is 1. The summed E-state index contributed by atoms with van der Waals surface area (Å²) in [7, 11) is 4.51. The summed E-state index contributed by atoms with van der Waals surface area (Å²) in [5, 5.41) is 10.8. The molecule has 1 atom stereocenters. The van der Waals surface area contributed by atoms with Crippen molar-refractivity contribution in [2.45, 2.75) is 31.3 Å². The van der Waals surface area contributed by atoms with E-state index in [4.69, 9.17) is 14.2 Å². The third-order valence-electron chi connectivity index (χ3n) is 3.80. The second-order valence-electron chi connectivity index (χ2n) is 4.87. The summed E-state index contributed by atoms with van der Waals surface area (Å²) in [5.41, 5.74) is -1.05. The fourth-order valence-electron chi connectivity index (χ4n) is 2.72. The highest BCUT2D eigenvalue weighted by molar-refractivity contribution is 5.90. The standard InChI is InChI=1S/C15H20O5/c1-18-11-8-7-10(13(19-2)14(11)20-3)15(17)9-5-4-6-12(15)16/h7-8,17H,4-6,9H2,1-3H3. The molecule has 1 N–H and O–H groups in total. The zero-order valence-electron chi connectivity index (χ0n) is 12.1. The van der Waals surface area contributed by atoms with E-state index >= 15 is 0 Å². The van der Waals surface area contributed by atoms with Crippen molar-refractivity contribution in [2.75, 3.05) is 21.3 Å². The lowest BCUT2D eigenvalue weighted by Crippen LogP contribution is -2.38. The van der Waals surface area contributed by atoms with Crippen LogP contribution in [-0.4, -0.2) is 32.2 Å². The molecule has 110 valence electrons. The maximum Gasteiger partial charge on any atom is 0.203 e. The molecule has 5 nitrogen and oxygen atoms in total. The number of benzene rings is 1. The minimum absolute atomic E-state index is 0.172. The van der Waals surface area contributed by atoms with Crippen LogP contribution in [-0.2, 0) is 10.4 Å². The van der Waals surface area contributed by atoms with Gasteiger partial charge in [-0.25, -0.2) is 0 Å². The molecule has 1 unspecified atom stereocenters. The van der Waals surface area contributed by atoms with E-state index < -0.39 is 5.60 Å². The summed E-state index contributed by atoms with van der Waals surface area (Å²) in [4.78, 5) is 12.2. The van der Waals surface area contributed by atoms with E-state index in [0.29, 0.717) is 35.7 Å². The van der Waals surface area contributed by atoms with Crippen molar-refractivity contribution in [1.82, 2.24) is 0 Å². The normalized spacial score (nSPS) is 22.5. The summed E-state index contributed by atoms with van der Waals surface area (Å²) in [6.45, 7) is 0. The fraction of sp³-hybridized carbons (Fsp3) is 0.533. The highest BCUT2D eigenvalue weighted by atomic mass is 16.5. The van der Waals surface area contributed by atoms with E-state index in [-0.39, 0.29) is 5.78 Å². The van der Waals surface area contributed by atoms with E-state index in [1.807, 2.05) is 0 Å². The number of Topliss-reactive ketones (excluding diaryl/α,β-unsaturated/α-hetero) is 1. The zero-order chi connectivity index (χ0) is 14.8. The minimum atomic E-state index is -1.50. The SMILES string of the molecule is COc1ccc(C2(O)CCCCC2=O)c(OC)c1OC. The van der Waals surface area contributed by atoms with Gasteiger partial charge in [-0.1, -0.05) is 0 Å². The third kappa shape index (κ3) is 2.22. The highest BCUT2D eigenvalue weighted by Crippen LogP contribution is 2.46. The molecule has 0 aliphatic heterocycles. The number of carbonyl (C=O) groups is 1. The summed E-state index contributed by atoms with van der Waals surface area (Å²) in [5.74, 6) is 1.07. The van der Waals surface area contributed by atoms with Gasteiger partial charge in [-0.2, -0.15) is 0 Å². The van der Waals surface area contributed by atoms with E-state index in [1.54, 1.807) is 12.1 Å². The molecule has 1 aromatic carbocycles. The van der Waals surface area contributed by atoms with Crippen molar-refractivity contribution in [3.8, 4) is 17.2 Å². The lowest BCUT2D eigenvalue weighted by molar-refractivity contribution is -0.142. The van der Waals surface area contributed by atoms with Crippen molar-refractivity contribution in [3.63, 3.8) is 0 Å². The lowest BCUT2D eigenvalue weighted by Gasteiger charge is -2.32. The second-order valence-corrected chi connectivity index (χ2v) is 4.87. The molecule has 20 heavy (non-hydrogen) atoms. The molecule has 0 heterocycles. The van der Waals surface area contributed by atoms with Gasteiger partial charge in [-0.15, -0.1) is 0 Å². The Morgan fingerprint density at radius 3 is 2.30 bits per heavy atom. The predicted octanol–water partition coefficient (Wildman–Crippen LogP) is 2.04. The van der Waals surface area contributed by atoms with Crippen LogP contribution in [0.1, 0.15) is 31.2 Å². The molecule has 0 amide bonds. The number of ketones is 1. The molecule has 1 aliphatic carbocycles. The van der Waals surface area contributed by atoms with Crippen LogP contribution >= 0.6 is 0 Å². The van der Waals surface area contributed by atoms with Gasteiger partial charge in [0.05, 0.1) is 21.3 Å². The van der Waals surface area contributed by atoms with E-state index in [2.05, 4.69) is 0 Å². The largest absolute Gasteiger partial charge is 0.493 e. The Kier molecular flexibility index (Phi) is 4.18. The molecule has 0 radical (unpaired) electrons. The van der Waals surface area contributed by atoms with Gasteiger partial charge >= 0.3 is 0 Å². The van der Waals surface area contributed by atoms with Crippen LogP contribution in [0, 0.1) is 0 Å². The van der Waals surface area contributed by atoms with Gasteiger partial charge in [-0.3, -0.25) is 4.79 Å². The molecule has 0 bridgehead atoms. The van der Waals surface area contributed by atoms with Crippen LogP contribution in [0.25, 0.3) is 0 Å². The highest BCUT2D eigenvalue weighted by Gasteiger charge is 2.42. The Labute approximate surface area is 118 Å². The molecule has 1 aromatic rings. The monoisotopic (exact) mass is 280 g/mol. The van der Waals surface area contributed by atoms with Crippen molar-refractivity contribution in [2.24, 2.45) is 0 Å². The number of hydrogen-bond donors (Lipinski definition) is 1. The zero-order valence-corrected chi connectivity index (χ0v) is 12.1. The lowest BCUT2D eigenvalue weighted by atomic mass is 9.78. The molecule has 0 spiro atoms. The predicted molar refractivity (Wildman–Crippen MR) is 73.5 cm³/mol. The molecule has 2 rings (SSSR count). The Bertz CT molecular complexity index is 511. The van der Waals surface area contributed by atoms with Crippen LogP contribution in [0.15, 0.2) is 12.1 Å². The Morgan fingerprint density at radius 1 is 1.05 bits per heavy atom. The van der Waals surface area contributed by atoms with Gasteiger partial charge in [0, 0.05) is 12.0 Å². The van der Waals surface area contributed by atoms with E-state index in [0.717, 1.165) is 12.8 Å². The van der Waals surface area contributed by atoms with Crippen molar-refractivity contribution in [3.05, 3.63) is 17.7 Å². The number of hydrogen-bond acceptors (Lipinski definition) is 5. The van der Waals surface area contributed by atoms with Gasteiger partial charge < -0.3 is 19.3 Å². The van der Waals surface area contributed by atoms with Gasteiger partial charge in [0.2, 0.25) is 5.75 Å². The Balaban J connectivity index is 2.59. The first kappa shape index (κ1) is 14.7. The smallest absolute Gasteiger partial charge is 0.203 e. The van der Waals surface area contributed by atoms with Gasteiger partial charge in [0.25, 0.3) is 0 Å². The first-order chi connectivity index (χ1) is 9.58. The van der Waals surface area contributed by atoms with Crippen molar-refractivity contribution < 1.29 is 24.1 Å².